The van der Waals surface area contributed by atoms with Gasteiger partial charge in [0.25, 0.3) is 0 Å². The highest BCUT2D eigenvalue weighted by molar-refractivity contribution is 5.24. The van der Waals surface area contributed by atoms with Crippen LogP contribution in [-0.4, -0.2) is 13.2 Å². The van der Waals surface area contributed by atoms with Crippen molar-refractivity contribution in [3.63, 3.8) is 0 Å². The molecular weight excluding hydrogens is 260 g/mol. The van der Waals surface area contributed by atoms with Crippen LogP contribution in [0.15, 0.2) is 48.5 Å². The van der Waals surface area contributed by atoms with E-state index >= 15 is 0 Å². The monoisotopic (exact) mass is 277 g/mol. The van der Waals surface area contributed by atoms with Crippen LogP contribution in [0.5, 0.6) is 5.75 Å². The molecule has 2 rings (SSSR count). The summed E-state index contributed by atoms with van der Waals surface area (Å²) >= 11 is 0. The molecule has 0 bridgehead atoms. The molecule has 0 radical (unpaired) electrons. The van der Waals surface area contributed by atoms with E-state index in [0.29, 0.717) is 19.6 Å². The molecule has 0 aromatic heterocycles. The molecule has 2 nitrogen and oxygen atoms in total. The first-order valence-corrected chi connectivity index (χ1v) is 6.53. The Hall–Kier alpha value is -1.94. The van der Waals surface area contributed by atoms with Gasteiger partial charge in [0, 0.05) is 0 Å². The molecule has 2 N–H and O–H groups in total. The van der Waals surface area contributed by atoms with E-state index in [-0.39, 0.29) is 23.3 Å². The number of benzene rings is 2. The quantitative estimate of drug-likeness (QED) is 0.877. The molecule has 0 aliphatic rings. The summed E-state index contributed by atoms with van der Waals surface area (Å²) in [5.74, 6) is -0.338. The molecule has 4 heteroatoms. The summed E-state index contributed by atoms with van der Waals surface area (Å²) in [4.78, 5) is 0. The first-order valence-electron chi connectivity index (χ1n) is 6.53. The van der Waals surface area contributed by atoms with Crippen LogP contribution >= 0.6 is 0 Å². The van der Waals surface area contributed by atoms with E-state index in [9.17, 15) is 8.78 Å². The summed E-state index contributed by atoms with van der Waals surface area (Å²) in [6.07, 6.45) is 0.649. The summed E-state index contributed by atoms with van der Waals surface area (Å²) in [5.41, 5.74) is 6.69. The zero-order valence-electron chi connectivity index (χ0n) is 11.1. The van der Waals surface area contributed by atoms with Crippen LogP contribution in [0.25, 0.3) is 0 Å². The largest absolute Gasteiger partial charge is 0.490 e. The first kappa shape index (κ1) is 14.5. The number of hydrogen-bond acceptors (Lipinski definition) is 2. The maximum atomic E-state index is 13.4. The lowest BCUT2D eigenvalue weighted by Gasteiger charge is -2.16. The minimum Gasteiger partial charge on any atom is -0.490 e. The summed E-state index contributed by atoms with van der Waals surface area (Å²) in [5, 5.41) is 0. The third-order valence-corrected chi connectivity index (χ3v) is 3.19. The Morgan fingerprint density at radius 1 is 1.00 bits per heavy atom. The number of rotatable bonds is 6. The van der Waals surface area contributed by atoms with Gasteiger partial charge in [0.2, 0.25) is 0 Å². The number of para-hydroxylation sites is 1. The minimum atomic E-state index is -0.376. The van der Waals surface area contributed by atoms with Crippen molar-refractivity contribution in [3.8, 4) is 5.75 Å². The van der Waals surface area contributed by atoms with Crippen LogP contribution in [0.2, 0.25) is 0 Å². The minimum absolute atomic E-state index is 0.0716. The second-order valence-corrected chi connectivity index (χ2v) is 4.55. The molecule has 2 aromatic rings. The normalized spacial score (nSPS) is 12.2. The third kappa shape index (κ3) is 3.78. The van der Waals surface area contributed by atoms with Gasteiger partial charge in [-0.3, -0.25) is 0 Å². The van der Waals surface area contributed by atoms with Crippen molar-refractivity contribution < 1.29 is 13.5 Å². The maximum Gasteiger partial charge on any atom is 0.165 e. The molecule has 0 heterocycles. The molecule has 0 saturated heterocycles. The van der Waals surface area contributed by atoms with Gasteiger partial charge in [-0.2, -0.15) is 0 Å². The SMILES string of the molecule is NCC(CCOc1ccccc1F)c1ccc(F)cc1. The highest BCUT2D eigenvalue weighted by Crippen LogP contribution is 2.21. The molecular formula is C16H17F2NO. The molecule has 106 valence electrons. The predicted molar refractivity (Wildman–Crippen MR) is 74.7 cm³/mol. The van der Waals surface area contributed by atoms with Crippen LogP contribution in [0.3, 0.4) is 0 Å². The number of hydrogen-bond donors (Lipinski definition) is 1. The smallest absolute Gasteiger partial charge is 0.165 e. The van der Waals surface area contributed by atoms with Gasteiger partial charge in [0.05, 0.1) is 6.61 Å². The molecule has 1 unspecified atom stereocenters. The molecule has 0 fully saturated rings. The molecule has 0 saturated carbocycles. The molecule has 1 atom stereocenters. The number of nitrogens with two attached hydrogens (primary N) is 1. The Bertz CT molecular complexity index is 542. The highest BCUT2D eigenvalue weighted by atomic mass is 19.1. The van der Waals surface area contributed by atoms with Gasteiger partial charge in [-0.05, 0) is 48.7 Å². The molecule has 0 spiro atoms. The van der Waals surface area contributed by atoms with Crippen molar-refractivity contribution >= 4 is 0 Å². The van der Waals surface area contributed by atoms with Gasteiger partial charge in [-0.15, -0.1) is 0 Å². The van der Waals surface area contributed by atoms with Crippen molar-refractivity contribution in [2.75, 3.05) is 13.2 Å². The van der Waals surface area contributed by atoms with E-state index in [1.165, 1.54) is 18.2 Å². The fourth-order valence-corrected chi connectivity index (χ4v) is 2.03. The zero-order chi connectivity index (χ0) is 14.4. The van der Waals surface area contributed by atoms with Crippen molar-refractivity contribution in [1.82, 2.24) is 0 Å². The second-order valence-electron chi connectivity index (χ2n) is 4.55. The van der Waals surface area contributed by atoms with E-state index < -0.39 is 0 Å². The topological polar surface area (TPSA) is 35.2 Å². The van der Waals surface area contributed by atoms with E-state index in [2.05, 4.69) is 0 Å². The van der Waals surface area contributed by atoms with Gasteiger partial charge in [-0.1, -0.05) is 24.3 Å². The van der Waals surface area contributed by atoms with Crippen LogP contribution < -0.4 is 10.5 Å². The average molecular weight is 277 g/mol. The van der Waals surface area contributed by atoms with E-state index in [4.69, 9.17) is 10.5 Å². The summed E-state index contributed by atoms with van der Waals surface area (Å²) < 4.78 is 31.7. The van der Waals surface area contributed by atoms with Gasteiger partial charge < -0.3 is 10.5 Å². The van der Waals surface area contributed by atoms with Gasteiger partial charge >= 0.3 is 0 Å². The predicted octanol–water partition coefficient (Wildman–Crippen LogP) is 3.48. The standard InChI is InChI=1S/C16H17F2NO/c17-14-7-5-12(6-8-14)13(11-19)9-10-20-16-4-2-1-3-15(16)18/h1-8,13H,9-11,19H2. The summed E-state index contributed by atoms with van der Waals surface area (Å²) in [6, 6.07) is 12.5. The van der Waals surface area contributed by atoms with Crippen LogP contribution in [0.4, 0.5) is 8.78 Å². The lowest BCUT2D eigenvalue weighted by molar-refractivity contribution is 0.284. The van der Waals surface area contributed by atoms with Crippen molar-refractivity contribution in [3.05, 3.63) is 65.7 Å². The second kappa shape index (κ2) is 7.01. The van der Waals surface area contributed by atoms with Crippen LogP contribution in [0, 0.1) is 11.6 Å². The lowest BCUT2D eigenvalue weighted by atomic mass is 9.96. The van der Waals surface area contributed by atoms with Crippen molar-refractivity contribution in [2.45, 2.75) is 12.3 Å². The van der Waals surface area contributed by atoms with Crippen molar-refractivity contribution in [2.24, 2.45) is 5.73 Å². The Balaban J connectivity index is 1.91. The van der Waals surface area contributed by atoms with Crippen LogP contribution in [0.1, 0.15) is 17.9 Å². The Morgan fingerprint density at radius 2 is 1.70 bits per heavy atom. The van der Waals surface area contributed by atoms with E-state index in [1.807, 2.05) is 0 Å². The van der Waals surface area contributed by atoms with Gasteiger partial charge in [-0.25, -0.2) is 8.78 Å². The van der Waals surface area contributed by atoms with Crippen LogP contribution in [-0.2, 0) is 0 Å². The number of halogens is 2. The Labute approximate surface area is 117 Å². The zero-order valence-corrected chi connectivity index (χ0v) is 11.1. The molecule has 0 amide bonds. The summed E-state index contributed by atoms with van der Waals surface area (Å²) in [7, 11) is 0. The van der Waals surface area contributed by atoms with Gasteiger partial charge in [0.1, 0.15) is 5.82 Å². The maximum absolute atomic E-state index is 13.4. The van der Waals surface area contributed by atoms with Crippen molar-refractivity contribution in [1.29, 1.82) is 0 Å². The summed E-state index contributed by atoms with van der Waals surface area (Å²) in [6.45, 7) is 0.798. The number of ether oxygens (including phenoxy) is 1. The Morgan fingerprint density at radius 3 is 2.35 bits per heavy atom. The van der Waals surface area contributed by atoms with Gasteiger partial charge in [0.15, 0.2) is 11.6 Å². The van der Waals surface area contributed by atoms with E-state index in [0.717, 1.165) is 5.56 Å². The highest BCUT2D eigenvalue weighted by Gasteiger charge is 2.10. The molecule has 2 aromatic carbocycles. The first-order chi connectivity index (χ1) is 9.70. The molecule has 0 aliphatic carbocycles. The fraction of sp³-hybridized carbons (Fsp3) is 0.250. The fourth-order valence-electron chi connectivity index (χ4n) is 2.03. The Kier molecular flexibility index (Phi) is 5.07. The van der Waals surface area contributed by atoms with E-state index in [1.54, 1.807) is 30.3 Å². The third-order valence-electron chi connectivity index (χ3n) is 3.19. The molecule has 0 aliphatic heterocycles. The average Bonchev–Trinajstić information content (AvgIpc) is 2.47. The lowest BCUT2D eigenvalue weighted by Crippen LogP contribution is -2.15. The molecule has 20 heavy (non-hydrogen) atoms.